The van der Waals surface area contributed by atoms with Crippen LogP contribution in [0.4, 0.5) is 5.82 Å². The molecule has 3 aromatic rings. The van der Waals surface area contributed by atoms with Gasteiger partial charge >= 0.3 is 0 Å². The molecule has 0 aliphatic heterocycles. The van der Waals surface area contributed by atoms with Gasteiger partial charge < -0.3 is 10.3 Å². The molecule has 0 radical (unpaired) electrons. The van der Waals surface area contributed by atoms with Crippen LogP contribution in [0.15, 0.2) is 24.4 Å². The number of rotatable bonds is 1. The summed E-state index contributed by atoms with van der Waals surface area (Å²) >= 11 is 0. The highest BCUT2D eigenvalue weighted by Gasteiger charge is 2.09. The molecule has 2 aromatic heterocycles. The molecule has 0 unspecified atom stereocenters. The molecule has 20 heavy (non-hydrogen) atoms. The predicted molar refractivity (Wildman–Crippen MR) is 75.6 cm³/mol. The Bertz CT molecular complexity index is 856. The zero-order valence-corrected chi connectivity index (χ0v) is 11.1. The normalized spacial score (nSPS) is 10.7. The molecule has 0 bridgehead atoms. The molecule has 6 nitrogen and oxygen atoms in total. The van der Waals surface area contributed by atoms with Crippen LogP contribution in [0, 0.1) is 18.3 Å². The summed E-state index contributed by atoms with van der Waals surface area (Å²) < 4.78 is 2.02. The maximum atomic E-state index is 8.83. The molecule has 0 atom stereocenters. The summed E-state index contributed by atoms with van der Waals surface area (Å²) in [4.78, 5) is 12.8. The fourth-order valence-electron chi connectivity index (χ4n) is 2.08. The van der Waals surface area contributed by atoms with Gasteiger partial charge in [-0.1, -0.05) is 0 Å². The molecule has 2 N–H and O–H groups in total. The highest BCUT2D eigenvalue weighted by atomic mass is 15.0. The van der Waals surface area contributed by atoms with Crippen LogP contribution in [-0.4, -0.2) is 19.5 Å². The lowest BCUT2D eigenvalue weighted by atomic mass is 10.2. The van der Waals surface area contributed by atoms with Gasteiger partial charge in [-0.05, 0) is 25.1 Å². The maximum Gasteiger partial charge on any atom is 0.161 e. The van der Waals surface area contributed by atoms with Crippen LogP contribution in [0.3, 0.4) is 0 Å². The van der Waals surface area contributed by atoms with E-state index in [-0.39, 0.29) is 11.4 Å². The molecule has 0 spiro atoms. The number of nitrogen functional groups attached to an aromatic ring is 1. The van der Waals surface area contributed by atoms with Crippen molar-refractivity contribution in [2.24, 2.45) is 7.05 Å². The van der Waals surface area contributed by atoms with E-state index in [2.05, 4.69) is 15.0 Å². The van der Waals surface area contributed by atoms with Gasteiger partial charge in [-0.3, -0.25) is 0 Å². The van der Waals surface area contributed by atoms with Crippen LogP contribution in [0.1, 0.15) is 11.4 Å². The highest BCUT2D eigenvalue weighted by Crippen LogP contribution is 2.23. The third kappa shape index (κ3) is 1.77. The number of nitrogens with zero attached hydrogens (tertiary/aromatic N) is 5. The Morgan fingerprint density at radius 3 is 2.80 bits per heavy atom. The highest BCUT2D eigenvalue weighted by molar-refractivity contribution is 5.81. The van der Waals surface area contributed by atoms with Crippen LogP contribution in [-0.2, 0) is 7.05 Å². The van der Waals surface area contributed by atoms with Gasteiger partial charge in [0.05, 0.1) is 17.2 Å². The van der Waals surface area contributed by atoms with E-state index in [4.69, 9.17) is 11.0 Å². The molecule has 0 aliphatic carbocycles. The summed E-state index contributed by atoms with van der Waals surface area (Å²) in [5, 5.41) is 8.83. The molecule has 0 saturated carbocycles. The Balaban J connectivity index is 2.15. The zero-order valence-electron chi connectivity index (χ0n) is 11.1. The second-order valence-corrected chi connectivity index (χ2v) is 4.53. The summed E-state index contributed by atoms with van der Waals surface area (Å²) in [6.45, 7) is 1.95. The summed E-state index contributed by atoms with van der Waals surface area (Å²) in [6.07, 6.45) is 1.44. The zero-order chi connectivity index (χ0) is 14.3. The molecular weight excluding hydrogens is 252 g/mol. The number of aromatic nitrogens is 4. The Hall–Kier alpha value is -2.94. The lowest BCUT2D eigenvalue weighted by molar-refractivity contribution is 0.886. The average molecular weight is 264 g/mol. The van der Waals surface area contributed by atoms with Gasteiger partial charge in [0, 0.05) is 12.6 Å². The lowest BCUT2D eigenvalue weighted by Gasteiger charge is -2.03. The van der Waals surface area contributed by atoms with Crippen molar-refractivity contribution in [1.29, 1.82) is 5.26 Å². The fraction of sp³-hybridized carbons (Fsp3) is 0.143. The third-order valence-electron chi connectivity index (χ3n) is 3.30. The van der Waals surface area contributed by atoms with E-state index in [9.17, 15) is 0 Å². The van der Waals surface area contributed by atoms with Crippen molar-refractivity contribution in [3.63, 3.8) is 0 Å². The molecule has 0 aliphatic rings. The second-order valence-electron chi connectivity index (χ2n) is 4.53. The van der Waals surface area contributed by atoms with E-state index in [1.807, 2.05) is 42.8 Å². The minimum Gasteiger partial charge on any atom is -0.382 e. The Kier molecular flexibility index (Phi) is 2.61. The van der Waals surface area contributed by atoms with E-state index in [0.29, 0.717) is 5.82 Å². The van der Waals surface area contributed by atoms with E-state index in [1.165, 1.54) is 6.20 Å². The monoisotopic (exact) mass is 264 g/mol. The largest absolute Gasteiger partial charge is 0.382 e. The molecule has 0 fully saturated rings. The van der Waals surface area contributed by atoms with E-state index in [1.54, 1.807) is 0 Å². The van der Waals surface area contributed by atoms with Gasteiger partial charge in [0.2, 0.25) is 0 Å². The molecular formula is C14H12N6. The minimum absolute atomic E-state index is 0.190. The number of anilines is 1. The topological polar surface area (TPSA) is 93.4 Å². The summed E-state index contributed by atoms with van der Waals surface area (Å²) in [5.74, 6) is 1.62. The van der Waals surface area contributed by atoms with E-state index in [0.717, 1.165) is 22.4 Å². The van der Waals surface area contributed by atoms with Crippen molar-refractivity contribution >= 4 is 16.9 Å². The van der Waals surface area contributed by atoms with Crippen LogP contribution in [0.2, 0.25) is 0 Å². The maximum absolute atomic E-state index is 8.83. The van der Waals surface area contributed by atoms with Crippen LogP contribution in [0.5, 0.6) is 0 Å². The van der Waals surface area contributed by atoms with E-state index >= 15 is 0 Å². The number of benzene rings is 1. The second kappa shape index (κ2) is 4.31. The van der Waals surface area contributed by atoms with Crippen molar-refractivity contribution in [3.05, 3.63) is 35.8 Å². The molecule has 6 heteroatoms. The van der Waals surface area contributed by atoms with E-state index < -0.39 is 0 Å². The number of nitrogens with two attached hydrogens (primary N) is 1. The quantitative estimate of drug-likeness (QED) is 0.723. The Morgan fingerprint density at radius 2 is 2.10 bits per heavy atom. The smallest absolute Gasteiger partial charge is 0.161 e. The number of imidazole rings is 1. The first-order valence-corrected chi connectivity index (χ1v) is 6.06. The van der Waals surface area contributed by atoms with Gasteiger partial charge in [-0.25, -0.2) is 15.0 Å². The van der Waals surface area contributed by atoms with Gasteiger partial charge in [0.15, 0.2) is 5.82 Å². The number of fused-ring (bicyclic) bond motifs is 1. The first-order chi connectivity index (χ1) is 9.60. The van der Waals surface area contributed by atoms with Crippen LogP contribution in [0.25, 0.3) is 22.4 Å². The lowest BCUT2D eigenvalue weighted by Crippen LogP contribution is -1.99. The third-order valence-corrected chi connectivity index (χ3v) is 3.30. The molecule has 0 saturated heterocycles. The molecule has 3 rings (SSSR count). The van der Waals surface area contributed by atoms with Crippen molar-refractivity contribution in [1.82, 2.24) is 19.5 Å². The number of aryl methyl sites for hydroxylation is 2. The summed E-state index contributed by atoms with van der Waals surface area (Å²) in [5.41, 5.74) is 8.76. The number of hydrogen-bond acceptors (Lipinski definition) is 5. The molecule has 2 heterocycles. The van der Waals surface area contributed by atoms with Gasteiger partial charge in [-0.2, -0.15) is 5.26 Å². The average Bonchev–Trinajstić information content (AvgIpc) is 2.73. The minimum atomic E-state index is 0.190. The summed E-state index contributed by atoms with van der Waals surface area (Å²) in [6, 6.07) is 7.76. The first kappa shape index (κ1) is 12.1. The Morgan fingerprint density at radius 1 is 1.30 bits per heavy atom. The van der Waals surface area contributed by atoms with Gasteiger partial charge in [-0.15, -0.1) is 0 Å². The van der Waals surface area contributed by atoms with Crippen molar-refractivity contribution in [3.8, 4) is 17.5 Å². The first-order valence-electron chi connectivity index (χ1n) is 6.06. The van der Waals surface area contributed by atoms with Crippen molar-refractivity contribution in [2.75, 3.05) is 5.73 Å². The van der Waals surface area contributed by atoms with Crippen LogP contribution >= 0.6 is 0 Å². The number of nitriles is 1. The number of hydrogen-bond donors (Lipinski definition) is 1. The molecule has 1 aromatic carbocycles. The van der Waals surface area contributed by atoms with Gasteiger partial charge in [0.1, 0.15) is 23.3 Å². The summed E-state index contributed by atoms with van der Waals surface area (Å²) in [7, 11) is 1.97. The molecule has 0 amide bonds. The van der Waals surface area contributed by atoms with Gasteiger partial charge in [0.25, 0.3) is 0 Å². The Labute approximate surface area is 115 Å². The van der Waals surface area contributed by atoms with Crippen molar-refractivity contribution < 1.29 is 0 Å². The predicted octanol–water partition coefficient (Wildman–Crippen LogP) is 1.79. The van der Waals surface area contributed by atoms with Crippen LogP contribution < -0.4 is 5.73 Å². The van der Waals surface area contributed by atoms with Crippen molar-refractivity contribution in [2.45, 2.75) is 6.92 Å². The SMILES string of the molecule is Cc1nc2cc(-c3ncc(C#N)c(N)n3)ccc2n1C. The fourth-order valence-corrected chi connectivity index (χ4v) is 2.08. The molecule has 98 valence electrons. The standard InChI is InChI=1S/C14H12N6/c1-8-18-11-5-9(3-4-12(11)20(8)2)14-17-7-10(6-15)13(16)19-14/h3-5,7H,1-2H3,(H2,16,17,19).